The molecule has 0 heterocycles. The Morgan fingerprint density at radius 2 is 1.94 bits per heavy atom. The van der Waals surface area contributed by atoms with E-state index in [1.54, 1.807) is 6.07 Å². The summed E-state index contributed by atoms with van der Waals surface area (Å²) in [6, 6.07) is 3.06. The highest BCUT2D eigenvalue weighted by molar-refractivity contribution is 9.10. The van der Waals surface area contributed by atoms with Gasteiger partial charge in [-0.3, -0.25) is 0 Å². The molecule has 1 rings (SSSR count). The molecular weight excluding hydrogens is 270 g/mol. The van der Waals surface area contributed by atoms with E-state index in [0.29, 0.717) is 5.56 Å². The number of aromatic hydroxyl groups is 1. The number of hydrogen-bond acceptors (Lipinski definition) is 3. The first-order chi connectivity index (χ1) is 7.27. The maximum Gasteiger partial charge on any atom is 0.124 e. The minimum atomic E-state index is -0.557. The number of benzene rings is 1. The molecule has 0 radical (unpaired) electrons. The average molecular weight is 288 g/mol. The lowest BCUT2D eigenvalue weighted by Crippen LogP contribution is -2.18. The molecule has 0 fully saturated rings. The summed E-state index contributed by atoms with van der Waals surface area (Å²) < 4.78 is 0.856. The first-order valence-electron chi connectivity index (χ1n) is 5.16. The third-order valence-electron chi connectivity index (χ3n) is 2.51. The summed E-state index contributed by atoms with van der Waals surface area (Å²) in [6.45, 7) is 5.86. The molecule has 1 atom stereocenters. The largest absolute Gasteiger partial charge is 0.507 e. The standard InChI is InChI=1S/C12H18BrNO2/c1-12(2,3)9-5-7(13)4-8(11(9)16)10(14)6-15/h4-5,10,15-16H,6,14H2,1-3H3. The number of aliphatic hydroxyl groups is 1. The predicted molar refractivity (Wildman–Crippen MR) is 68.5 cm³/mol. The number of hydrogen-bond donors (Lipinski definition) is 3. The fraction of sp³-hybridized carbons (Fsp3) is 0.500. The van der Waals surface area contributed by atoms with E-state index < -0.39 is 6.04 Å². The maximum atomic E-state index is 10.1. The van der Waals surface area contributed by atoms with Crippen LogP contribution in [0.5, 0.6) is 5.75 Å². The van der Waals surface area contributed by atoms with Crippen molar-refractivity contribution in [3.8, 4) is 5.75 Å². The van der Waals surface area contributed by atoms with Gasteiger partial charge in [-0.05, 0) is 17.5 Å². The fourth-order valence-electron chi connectivity index (χ4n) is 1.57. The smallest absolute Gasteiger partial charge is 0.124 e. The Kier molecular flexibility index (Phi) is 3.99. The molecule has 0 saturated carbocycles. The molecule has 3 nitrogen and oxygen atoms in total. The van der Waals surface area contributed by atoms with Crippen molar-refractivity contribution in [3.63, 3.8) is 0 Å². The van der Waals surface area contributed by atoms with E-state index in [9.17, 15) is 5.11 Å². The Bertz CT molecular complexity index is 385. The van der Waals surface area contributed by atoms with Crippen molar-refractivity contribution in [1.29, 1.82) is 0 Å². The van der Waals surface area contributed by atoms with E-state index in [0.717, 1.165) is 10.0 Å². The van der Waals surface area contributed by atoms with E-state index in [1.807, 2.05) is 26.8 Å². The van der Waals surface area contributed by atoms with Crippen molar-refractivity contribution in [2.75, 3.05) is 6.61 Å². The lowest BCUT2D eigenvalue weighted by atomic mass is 9.84. The lowest BCUT2D eigenvalue weighted by Gasteiger charge is -2.23. The number of aliphatic hydroxyl groups excluding tert-OH is 1. The molecule has 0 aliphatic rings. The van der Waals surface area contributed by atoms with Crippen molar-refractivity contribution < 1.29 is 10.2 Å². The van der Waals surface area contributed by atoms with Crippen LogP contribution in [-0.4, -0.2) is 16.8 Å². The molecule has 4 heteroatoms. The van der Waals surface area contributed by atoms with Crippen molar-refractivity contribution in [2.45, 2.75) is 32.2 Å². The van der Waals surface area contributed by atoms with Gasteiger partial charge in [-0.15, -0.1) is 0 Å². The van der Waals surface area contributed by atoms with Gasteiger partial charge in [-0.25, -0.2) is 0 Å². The zero-order valence-corrected chi connectivity index (χ0v) is 11.4. The molecule has 0 spiro atoms. The van der Waals surface area contributed by atoms with Gasteiger partial charge in [0.2, 0.25) is 0 Å². The van der Waals surface area contributed by atoms with Gasteiger partial charge in [0.05, 0.1) is 12.6 Å². The molecule has 0 aromatic heterocycles. The summed E-state index contributed by atoms with van der Waals surface area (Å²) in [4.78, 5) is 0. The third-order valence-corrected chi connectivity index (χ3v) is 2.97. The van der Waals surface area contributed by atoms with Crippen molar-refractivity contribution >= 4 is 15.9 Å². The predicted octanol–water partition coefficient (Wildman–Crippen LogP) is 2.44. The second-order valence-electron chi connectivity index (χ2n) is 4.93. The molecule has 90 valence electrons. The average Bonchev–Trinajstić information content (AvgIpc) is 2.18. The number of phenols is 1. The first kappa shape index (κ1) is 13.5. The zero-order chi connectivity index (χ0) is 12.5. The van der Waals surface area contributed by atoms with E-state index >= 15 is 0 Å². The molecule has 0 amide bonds. The van der Waals surface area contributed by atoms with Crippen LogP contribution in [0.3, 0.4) is 0 Å². The Morgan fingerprint density at radius 1 is 1.38 bits per heavy atom. The zero-order valence-electron chi connectivity index (χ0n) is 9.79. The highest BCUT2D eigenvalue weighted by Gasteiger charge is 2.22. The molecule has 16 heavy (non-hydrogen) atoms. The third kappa shape index (κ3) is 2.75. The second-order valence-corrected chi connectivity index (χ2v) is 5.85. The van der Waals surface area contributed by atoms with Gasteiger partial charge in [0, 0.05) is 15.6 Å². The number of halogens is 1. The van der Waals surface area contributed by atoms with Crippen LogP contribution in [0.2, 0.25) is 0 Å². The fourth-order valence-corrected chi connectivity index (χ4v) is 2.05. The second kappa shape index (κ2) is 4.73. The van der Waals surface area contributed by atoms with Crippen molar-refractivity contribution in [1.82, 2.24) is 0 Å². The molecule has 1 aromatic carbocycles. The van der Waals surface area contributed by atoms with Crippen LogP contribution in [0.15, 0.2) is 16.6 Å². The molecule has 0 aliphatic carbocycles. The normalized spacial score (nSPS) is 13.9. The summed E-state index contributed by atoms with van der Waals surface area (Å²) in [5, 5.41) is 19.2. The monoisotopic (exact) mass is 287 g/mol. The van der Waals surface area contributed by atoms with Gasteiger partial charge in [0.15, 0.2) is 0 Å². The van der Waals surface area contributed by atoms with Gasteiger partial charge in [0.1, 0.15) is 5.75 Å². The lowest BCUT2D eigenvalue weighted by molar-refractivity contribution is 0.264. The molecular formula is C12H18BrNO2. The van der Waals surface area contributed by atoms with Crippen molar-refractivity contribution in [2.24, 2.45) is 5.73 Å². The molecule has 0 aliphatic heterocycles. The van der Waals surface area contributed by atoms with Crippen LogP contribution >= 0.6 is 15.9 Å². The number of nitrogens with two attached hydrogens (primary N) is 1. The summed E-state index contributed by atoms with van der Waals surface area (Å²) in [6.07, 6.45) is 0. The topological polar surface area (TPSA) is 66.5 Å². The van der Waals surface area contributed by atoms with E-state index in [4.69, 9.17) is 10.8 Å². The molecule has 0 bridgehead atoms. The highest BCUT2D eigenvalue weighted by atomic mass is 79.9. The van der Waals surface area contributed by atoms with Gasteiger partial charge in [-0.1, -0.05) is 36.7 Å². The van der Waals surface area contributed by atoms with Crippen LogP contribution in [0.25, 0.3) is 0 Å². The van der Waals surface area contributed by atoms with E-state index in [2.05, 4.69) is 15.9 Å². The Balaban J connectivity index is 3.38. The van der Waals surface area contributed by atoms with Gasteiger partial charge in [0.25, 0.3) is 0 Å². The SMILES string of the molecule is CC(C)(C)c1cc(Br)cc(C(N)CO)c1O. The van der Waals surface area contributed by atoms with Gasteiger partial charge >= 0.3 is 0 Å². The molecule has 0 saturated heterocycles. The quantitative estimate of drug-likeness (QED) is 0.783. The van der Waals surface area contributed by atoms with Crippen LogP contribution in [0, 0.1) is 0 Å². The van der Waals surface area contributed by atoms with Crippen LogP contribution in [0.1, 0.15) is 37.9 Å². The summed E-state index contributed by atoms with van der Waals surface area (Å²) >= 11 is 3.39. The highest BCUT2D eigenvalue weighted by Crippen LogP contribution is 2.37. The van der Waals surface area contributed by atoms with E-state index in [-0.39, 0.29) is 17.8 Å². The van der Waals surface area contributed by atoms with Crippen LogP contribution < -0.4 is 5.73 Å². The maximum absolute atomic E-state index is 10.1. The van der Waals surface area contributed by atoms with Crippen LogP contribution in [0.4, 0.5) is 0 Å². The summed E-state index contributed by atoms with van der Waals surface area (Å²) in [7, 11) is 0. The summed E-state index contributed by atoms with van der Waals surface area (Å²) in [5.41, 5.74) is 6.97. The number of rotatable bonds is 2. The van der Waals surface area contributed by atoms with E-state index in [1.165, 1.54) is 0 Å². The first-order valence-corrected chi connectivity index (χ1v) is 5.96. The van der Waals surface area contributed by atoms with Crippen molar-refractivity contribution in [3.05, 3.63) is 27.7 Å². The van der Waals surface area contributed by atoms with Gasteiger partial charge < -0.3 is 15.9 Å². The Hall–Kier alpha value is -0.580. The molecule has 1 unspecified atom stereocenters. The minimum Gasteiger partial charge on any atom is -0.507 e. The van der Waals surface area contributed by atoms with Crippen LogP contribution in [-0.2, 0) is 5.41 Å². The van der Waals surface area contributed by atoms with Gasteiger partial charge in [-0.2, -0.15) is 0 Å². The Labute approximate surface area is 104 Å². The Morgan fingerprint density at radius 3 is 2.38 bits per heavy atom. The minimum absolute atomic E-state index is 0.169. The summed E-state index contributed by atoms with van der Waals surface area (Å²) in [5.74, 6) is 0.178. The number of phenolic OH excluding ortho intramolecular Hbond substituents is 1. The molecule has 4 N–H and O–H groups in total. The molecule has 1 aromatic rings.